The zero-order chi connectivity index (χ0) is 13.3. The lowest BCUT2D eigenvalue weighted by Crippen LogP contribution is -2.59. The molecule has 2 unspecified atom stereocenters. The highest BCUT2D eigenvalue weighted by atomic mass is 19.4. The maximum Gasteiger partial charge on any atom is 0.390 e. The van der Waals surface area contributed by atoms with E-state index in [1.807, 2.05) is 11.8 Å². The van der Waals surface area contributed by atoms with Gasteiger partial charge in [0.15, 0.2) is 0 Å². The lowest BCUT2D eigenvalue weighted by Gasteiger charge is -2.44. The normalized spacial score (nSPS) is 28.4. The number of hydrogen-bond acceptors (Lipinski definition) is 2. The molecule has 1 saturated heterocycles. The summed E-state index contributed by atoms with van der Waals surface area (Å²) >= 11 is 0. The maximum absolute atomic E-state index is 12.2. The number of piperazine rings is 1. The third-order valence-electron chi connectivity index (χ3n) is 3.43. The number of nitrogens with one attached hydrogen (secondary N) is 1. The number of alkyl halides is 3. The third-order valence-corrected chi connectivity index (χ3v) is 3.43. The fraction of sp³-hybridized carbons (Fsp3) is 1.00. The predicted octanol–water partition coefficient (Wildman–Crippen LogP) is 2.65. The van der Waals surface area contributed by atoms with Crippen LogP contribution in [0.15, 0.2) is 0 Å². The first-order chi connectivity index (χ1) is 7.59. The summed E-state index contributed by atoms with van der Waals surface area (Å²) < 4.78 is 36.7. The Hall–Kier alpha value is -0.290. The van der Waals surface area contributed by atoms with Crippen molar-refractivity contribution in [3.63, 3.8) is 0 Å². The molecular weight excluding hydrogens is 229 g/mol. The minimum Gasteiger partial charge on any atom is -0.311 e. The second kappa shape index (κ2) is 5.14. The minimum atomic E-state index is -4.05. The maximum atomic E-state index is 12.2. The monoisotopic (exact) mass is 252 g/mol. The fourth-order valence-electron chi connectivity index (χ4n) is 2.08. The number of rotatable bonds is 2. The molecule has 17 heavy (non-hydrogen) atoms. The van der Waals surface area contributed by atoms with Crippen LogP contribution in [0.4, 0.5) is 13.2 Å². The molecule has 0 aromatic rings. The summed E-state index contributed by atoms with van der Waals surface area (Å²) in [5.74, 6) is 0. The van der Waals surface area contributed by atoms with Gasteiger partial charge in [-0.1, -0.05) is 20.8 Å². The topological polar surface area (TPSA) is 15.3 Å². The molecule has 0 saturated carbocycles. The van der Waals surface area contributed by atoms with Gasteiger partial charge in [-0.05, 0) is 12.3 Å². The summed E-state index contributed by atoms with van der Waals surface area (Å²) in [6.45, 7) is 9.88. The average molecular weight is 252 g/mol. The van der Waals surface area contributed by atoms with Gasteiger partial charge in [-0.2, -0.15) is 13.2 Å². The van der Waals surface area contributed by atoms with Gasteiger partial charge < -0.3 is 5.32 Å². The van der Waals surface area contributed by atoms with Crippen LogP contribution in [0.3, 0.4) is 0 Å². The van der Waals surface area contributed by atoms with Crippen molar-refractivity contribution in [2.75, 3.05) is 19.6 Å². The summed E-state index contributed by atoms with van der Waals surface area (Å²) in [5, 5.41) is 3.41. The van der Waals surface area contributed by atoms with Gasteiger partial charge in [0.2, 0.25) is 0 Å². The molecule has 0 aromatic carbocycles. The Labute approximate surface area is 102 Å². The third kappa shape index (κ3) is 4.84. The lowest BCUT2D eigenvalue weighted by atomic mass is 9.85. The van der Waals surface area contributed by atoms with Crippen molar-refractivity contribution in [1.29, 1.82) is 0 Å². The Morgan fingerprint density at radius 2 is 1.82 bits per heavy atom. The second-order valence-corrected chi connectivity index (χ2v) is 6.04. The van der Waals surface area contributed by atoms with Crippen LogP contribution in [-0.4, -0.2) is 42.8 Å². The van der Waals surface area contributed by atoms with Gasteiger partial charge in [-0.15, -0.1) is 0 Å². The molecule has 1 heterocycles. The van der Waals surface area contributed by atoms with Crippen molar-refractivity contribution in [2.24, 2.45) is 5.41 Å². The quantitative estimate of drug-likeness (QED) is 0.812. The molecule has 2 nitrogen and oxygen atoms in total. The lowest BCUT2D eigenvalue weighted by molar-refractivity contribution is -0.140. The molecular formula is C12H23F3N2. The van der Waals surface area contributed by atoms with Gasteiger partial charge in [0.1, 0.15) is 0 Å². The van der Waals surface area contributed by atoms with E-state index in [-0.39, 0.29) is 24.0 Å². The fourth-order valence-corrected chi connectivity index (χ4v) is 2.08. The predicted molar refractivity (Wildman–Crippen MR) is 63.0 cm³/mol. The minimum absolute atomic E-state index is 0.0800. The van der Waals surface area contributed by atoms with Crippen molar-refractivity contribution in [3.05, 3.63) is 0 Å². The van der Waals surface area contributed by atoms with Crippen LogP contribution in [0, 0.1) is 5.41 Å². The average Bonchev–Trinajstić information content (AvgIpc) is 2.13. The van der Waals surface area contributed by atoms with Crippen LogP contribution in [0.1, 0.15) is 34.1 Å². The molecule has 1 aliphatic heterocycles. The van der Waals surface area contributed by atoms with E-state index in [4.69, 9.17) is 0 Å². The molecule has 0 radical (unpaired) electrons. The first-order valence-electron chi connectivity index (χ1n) is 6.14. The van der Waals surface area contributed by atoms with Crippen molar-refractivity contribution < 1.29 is 13.2 Å². The van der Waals surface area contributed by atoms with E-state index in [9.17, 15) is 13.2 Å². The van der Waals surface area contributed by atoms with Crippen LogP contribution in [0.2, 0.25) is 0 Å². The molecule has 1 rings (SSSR count). The van der Waals surface area contributed by atoms with Gasteiger partial charge in [-0.25, -0.2) is 0 Å². The first kappa shape index (κ1) is 14.8. The Kier molecular flexibility index (Phi) is 4.47. The van der Waals surface area contributed by atoms with Crippen molar-refractivity contribution in [1.82, 2.24) is 10.2 Å². The van der Waals surface area contributed by atoms with Gasteiger partial charge in [0, 0.05) is 31.7 Å². The van der Waals surface area contributed by atoms with Crippen LogP contribution in [0.5, 0.6) is 0 Å². The molecule has 0 aliphatic carbocycles. The molecule has 0 bridgehead atoms. The van der Waals surface area contributed by atoms with Crippen molar-refractivity contribution >= 4 is 0 Å². The molecule has 1 N–H and O–H groups in total. The summed E-state index contributed by atoms with van der Waals surface area (Å²) in [6.07, 6.45) is -4.77. The summed E-state index contributed by atoms with van der Waals surface area (Å²) in [4.78, 5) is 1.94. The smallest absolute Gasteiger partial charge is 0.311 e. The number of nitrogens with zero attached hydrogens (tertiary/aromatic N) is 1. The van der Waals surface area contributed by atoms with Gasteiger partial charge >= 0.3 is 6.18 Å². The largest absolute Gasteiger partial charge is 0.390 e. The summed E-state index contributed by atoms with van der Waals surface area (Å²) in [5.41, 5.74) is 0.0800. The van der Waals surface area contributed by atoms with E-state index in [0.29, 0.717) is 6.54 Å². The highest BCUT2D eigenvalue weighted by molar-refractivity contribution is 4.90. The SMILES string of the molecule is CC1CNC(C(C)(C)C)CN1CCC(F)(F)F. The highest BCUT2D eigenvalue weighted by Gasteiger charge is 2.34. The van der Waals surface area contributed by atoms with Crippen molar-refractivity contribution in [2.45, 2.75) is 52.4 Å². The second-order valence-electron chi connectivity index (χ2n) is 6.04. The number of hydrogen-bond donors (Lipinski definition) is 1. The standard InChI is InChI=1S/C12H23F3N2/c1-9-7-16-10(11(2,3)4)8-17(9)6-5-12(13,14)15/h9-10,16H,5-8H2,1-4H3. The molecule has 1 aliphatic rings. The van der Waals surface area contributed by atoms with Crippen LogP contribution in [-0.2, 0) is 0 Å². The molecule has 102 valence electrons. The Bertz CT molecular complexity index is 245. The van der Waals surface area contributed by atoms with E-state index in [1.165, 1.54) is 0 Å². The Balaban J connectivity index is 2.52. The highest BCUT2D eigenvalue weighted by Crippen LogP contribution is 2.25. The van der Waals surface area contributed by atoms with Crippen LogP contribution in [0.25, 0.3) is 0 Å². The molecule has 0 spiro atoms. The molecule has 1 fully saturated rings. The number of halogens is 3. The van der Waals surface area contributed by atoms with E-state index in [2.05, 4.69) is 26.1 Å². The molecule has 5 heteroatoms. The van der Waals surface area contributed by atoms with Gasteiger partial charge in [0.25, 0.3) is 0 Å². The van der Waals surface area contributed by atoms with Crippen molar-refractivity contribution in [3.8, 4) is 0 Å². The van der Waals surface area contributed by atoms with E-state index >= 15 is 0 Å². The zero-order valence-electron chi connectivity index (χ0n) is 11.1. The summed E-state index contributed by atoms with van der Waals surface area (Å²) in [7, 11) is 0. The first-order valence-corrected chi connectivity index (χ1v) is 6.14. The molecule has 2 atom stereocenters. The van der Waals surface area contributed by atoms with Crippen LogP contribution < -0.4 is 5.32 Å². The Morgan fingerprint density at radius 3 is 2.29 bits per heavy atom. The van der Waals surface area contributed by atoms with Crippen LogP contribution >= 0.6 is 0 Å². The van der Waals surface area contributed by atoms with Gasteiger partial charge in [-0.3, -0.25) is 4.90 Å². The summed E-state index contributed by atoms with van der Waals surface area (Å²) in [6, 6.07) is 0.433. The molecule has 0 amide bonds. The van der Waals surface area contributed by atoms with E-state index < -0.39 is 12.6 Å². The van der Waals surface area contributed by atoms with E-state index in [1.54, 1.807) is 0 Å². The molecule has 0 aromatic heterocycles. The zero-order valence-corrected chi connectivity index (χ0v) is 11.1. The van der Waals surface area contributed by atoms with E-state index in [0.717, 1.165) is 6.54 Å². The van der Waals surface area contributed by atoms with Gasteiger partial charge in [0.05, 0.1) is 6.42 Å². The Morgan fingerprint density at radius 1 is 1.24 bits per heavy atom.